The molecule has 0 fully saturated rings. The molecule has 124 valence electrons. The number of rotatable bonds is 7. The number of esters is 2. The molecule has 0 saturated heterocycles. The molecule has 0 unspecified atom stereocenters. The zero-order valence-corrected chi connectivity index (χ0v) is 13.1. The predicted molar refractivity (Wildman–Crippen MR) is 82.4 cm³/mol. The van der Waals surface area contributed by atoms with Gasteiger partial charge in [0.2, 0.25) is 0 Å². The first-order valence-corrected chi connectivity index (χ1v) is 6.68. The number of anilines is 1. The number of nitrogens with one attached hydrogen (secondary N) is 1. The average Bonchev–Trinajstić information content (AvgIpc) is 2.53. The van der Waals surface area contributed by atoms with Crippen molar-refractivity contribution in [3.63, 3.8) is 0 Å². The van der Waals surface area contributed by atoms with E-state index < -0.39 is 16.9 Å². The highest BCUT2D eigenvalue weighted by atomic mass is 35.5. The molecular formula is C13H14ClN3O6. The third-order valence-corrected chi connectivity index (χ3v) is 2.92. The van der Waals surface area contributed by atoms with Crippen LogP contribution in [0.4, 0.5) is 11.4 Å². The van der Waals surface area contributed by atoms with Gasteiger partial charge in [-0.1, -0.05) is 11.6 Å². The third kappa shape index (κ3) is 5.55. The second kappa shape index (κ2) is 8.69. The molecule has 0 bridgehead atoms. The zero-order chi connectivity index (χ0) is 17.4. The molecule has 0 radical (unpaired) electrons. The fourth-order valence-electron chi connectivity index (χ4n) is 1.53. The van der Waals surface area contributed by atoms with E-state index in [1.54, 1.807) is 0 Å². The molecule has 1 aromatic carbocycles. The SMILES string of the molecule is COC(=O)CCC(=NNc1cc(Cl)ccc1[N+](=O)[O-])C(=O)OC. The number of nitro groups is 1. The Labute approximate surface area is 136 Å². The van der Waals surface area contributed by atoms with Gasteiger partial charge >= 0.3 is 11.9 Å². The summed E-state index contributed by atoms with van der Waals surface area (Å²) < 4.78 is 9.02. The number of halogens is 1. The molecule has 0 amide bonds. The van der Waals surface area contributed by atoms with Gasteiger partial charge < -0.3 is 9.47 Å². The van der Waals surface area contributed by atoms with Crippen LogP contribution in [0.1, 0.15) is 12.8 Å². The van der Waals surface area contributed by atoms with Crippen molar-refractivity contribution in [1.29, 1.82) is 0 Å². The van der Waals surface area contributed by atoms with Crippen LogP contribution in [0.25, 0.3) is 0 Å². The van der Waals surface area contributed by atoms with Crippen molar-refractivity contribution in [2.45, 2.75) is 12.8 Å². The number of hydrogen-bond donors (Lipinski definition) is 1. The summed E-state index contributed by atoms with van der Waals surface area (Å²) in [6, 6.07) is 3.85. The van der Waals surface area contributed by atoms with Crippen molar-refractivity contribution in [2.75, 3.05) is 19.6 Å². The lowest BCUT2D eigenvalue weighted by atomic mass is 10.2. The van der Waals surface area contributed by atoms with E-state index in [1.165, 1.54) is 25.3 Å². The Kier molecular flexibility index (Phi) is 6.94. The van der Waals surface area contributed by atoms with Crippen molar-refractivity contribution in [2.24, 2.45) is 5.10 Å². The summed E-state index contributed by atoms with van der Waals surface area (Å²) in [5.41, 5.74) is 2.02. The van der Waals surface area contributed by atoms with Crippen LogP contribution in [0.5, 0.6) is 0 Å². The van der Waals surface area contributed by atoms with Gasteiger partial charge in [-0.2, -0.15) is 5.10 Å². The fourth-order valence-corrected chi connectivity index (χ4v) is 1.70. The van der Waals surface area contributed by atoms with Gasteiger partial charge in [0.15, 0.2) is 0 Å². The minimum Gasteiger partial charge on any atom is -0.469 e. The van der Waals surface area contributed by atoms with Crippen LogP contribution in [0.15, 0.2) is 23.3 Å². The highest BCUT2D eigenvalue weighted by Gasteiger charge is 2.17. The quantitative estimate of drug-likeness (QED) is 0.348. The minimum absolute atomic E-state index is 0.00183. The number of carbonyl (C=O) groups is 2. The van der Waals surface area contributed by atoms with E-state index in [9.17, 15) is 19.7 Å². The first-order chi connectivity index (χ1) is 10.9. The Balaban J connectivity index is 3.00. The van der Waals surface area contributed by atoms with Crippen molar-refractivity contribution >= 4 is 40.6 Å². The molecule has 1 N–H and O–H groups in total. The van der Waals surface area contributed by atoms with Gasteiger partial charge in [0.1, 0.15) is 11.4 Å². The molecule has 1 aromatic rings. The van der Waals surface area contributed by atoms with Gasteiger partial charge in [-0.3, -0.25) is 20.3 Å². The van der Waals surface area contributed by atoms with Gasteiger partial charge in [-0.05, 0) is 12.1 Å². The first kappa shape index (κ1) is 18.4. The smallest absolute Gasteiger partial charge is 0.354 e. The highest BCUT2D eigenvalue weighted by Crippen LogP contribution is 2.27. The van der Waals surface area contributed by atoms with E-state index in [4.69, 9.17) is 11.6 Å². The Morgan fingerprint density at radius 3 is 2.57 bits per heavy atom. The second-order valence-electron chi connectivity index (χ2n) is 4.16. The molecule has 0 spiro atoms. The predicted octanol–water partition coefficient (Wildman–Crippen LogP) is 2.14. The number of nitrogens with zero attached hydrogens (tertiary/aromatic N) is 2. The molecule has 9 nitrogen and oxygen atoms in total. The average molecular weight is 344 g/mol. The molecule has 0 atom stereocenters. The van der Waals surface area contributed by atoms with Gasteiger partial charge in [0.05, 0.1) is 25.6 Å². The van der Waals surface area contributed by atoms with Gasteiger partial charge in [-0.25, -0.2) is 4.79 Å². The van der Waals surface area contributed by atoms with Crippen LogP contribution in [-0.2, 0) is 19.1 Å². The maximum Gasteiger partial charge on any atom is 0.354 e. The fraction of sp³-hybridized carbons (Fsp3) is 0.308. The third-order valence-electron chi connectivity index (χ3n) is 2.68. The lowest BCUT2D eigenvalue weighted by Crippen LogP contribution is -2.19. The van der Waals surface area contributed by atoms with Crippen LogP contribution in [-0.4, -0.2) is 36.8 Å². The lowest BCUT2D eigenvalue weighted by molar-refractivity contribution is -0.384. The lowest BCUT2D eigenvalue weighted by Gasteiger charge is -2.06. The van der Waals surface area contributed by atoms with Crippen molar-refractivity contribution < 1.29 is 24.0 Å². The molecule has 0 saturated carbocycles. The summed E-state index contributed by atoms with van der Waals surface area (Å²) in [5.74, 6) is -1.30. The zero-order valence-electron chi connectivity index (χ0n) is 12.4. The summed E-state index contributed by atoms with van der Waals surface area (Å²) in [6.07, 6.45) is -0.148. The molecule has 1 rings (SSSR count). The number of carbonyl (C=O) groups excluding carboxylic acids is 2. The Morgan fingerprint density at radius 2 is 2.00 bits per heavy atom. The molecule has 10 heteroatoms. The second-order valence-corrected chi connectivity index (χ2v) is 4.59. The molecule has 0 heterocycles. The monoisotopic (exact) mass is 343 g/mol. The molecule has 0 aliphatic carbocycles. The van der Waals surface area contributed by atoms with Crippen LogP contribution >= 0.6 is 11.6 Å². The number of nitro benzene ring substituents is 1. The summed E-state index contributed by atoms with van der Waals surface area (Å²) in [4.78, 5) is 33.1. The number of benzene rings is 1. The minimum atomic E-state index is -0.772. The summed E-state index contributed by atoms with van der Waals surface area (Å²) >= 11 is 5.78. The van der Waals surface area contributed by atoms with Crippen molar-refractivity contribution in [3.05, 3.63) is 33.3 Å². The largest absolute Gasteiger partial charge is 0.469 e. The first-order valence-electron chi connectivity index (χ1n) is 6.30. The number of hydrazone groups is 1. The topological polar surface area (TPSA) is 120 Å². The van der Waals surface area contributed by atoms with E-state index in [1.807, 2.05) is 0 Å². The Hall–Kier alpha value is -2.68. The van der Waals surface area contributed by atoms with E-state index in [-0.39, 0.29) is 35.0 Å². The van der Waals surface area contributed by atoms with Crippen LogP contribution in [0.2, 0.25) is 5.02 Å². The van der Waals surface area contributed by atoms with E-state index >= 15 is 0 Å². The van der Waals surface area contributed by atoms with Crippen molar-refractivity contribution in [1.82, 2.24) is 0 Å². The van der Waals surface area contributed by atoms with Crippen LogP contribution < -0.4 is 5.43 Å². The summed E-state index contributed by atoms with van der Waals surface area (Å²) in [5, 5.41) is 15.0. The van der Waals surface area contributed by atoms with E-state index in [0.717, 1.165) is 7.11 Å². The summed E-state index contributed by atoms with van der Waals surface area (Å²) in [6.45, 7) is 0. The van der Waals surface area contributed by atoms with Gasteiger partial charge in [-0.15, -0.1) is 0 Å². The molecular weight excluding hydrogens is 330 g/mol. The maximum absolute atomic E-state index is 11.6. The number of methoxy groups -OCH3 is 2. The van der Waals surface area contributed by atoms with Crippen LogP contribution in [0.3, 0.4) is 0 Å². The molecule has 0 aromatic heterocycles. The van der Waals surface area contributed by atoms with E-state index in [0.29, 0.717) is 0 Å². The standard InChI is InChI=1S/C13H14ClN3O6/c1-22-12(18)6-4-9(13(19)23-2)15-16-10-7-8(14)3-5-11(10)17(20)21/h3,5,7,16H,4,6H2,1-2H3. The highest BCUT2D eigenvalue weighted by molar-refractivity contribution is 6.36. The summed E-state index contributed by atoms with van der Waals surface area (Å²) in [7, 11) is 2.36. The molecule has 23 heavy (non-hydrogen) atoms. The number of hydrogen-bond acceptors (Lipinski definition) is 8. The molecule has 0 aliphatic heterocycles. The Bertz CT molecular complexity index is 647. The van der Waals surface area contributed by atoms with Crippen LogP contribution in [0, 0.1) is 10.1 Å². The maximum atomic E-state index is 11.6. The van der Waals surface area contributed by atoms with Gasteiger partial charge in [0, 0.05) is 17.5 Å². The van der Waals surface area contributed by atoms with Gasteiger partial charge in [0.25, 0.3) is 5.69 Å². The normalized spacial score (nSPS) is 10.8. The van der Waals surface area contributed by atoms with Crippen molar-refractivity contribution in [3.8, 4) is 0 Å². The number of ether oxygens (including phenoxy) is 2. The van der Waals surface area contributed by atoms with E-state index in [2.05, 4.69) is 20.0 Å². The molecule has 0 aliphatic rings. The Morgan fingerprint density at radius 1 is 1.30 bits per heavy atom.